The third kappa shape index (κ3) is 2.52. The third-order valence-electron chi connectivity index (χ3n) is 3.09. The Morgan fingerprint density at radius 2 is 2.20 bits per heavy atom. The topological polar surface area (TPSA) is 53.1 Å². The normalized spacial score (nSPS) is 11.1. The summed E-state index contributed by atoms with van der Waals surface area (Å²) in [6.07, 6.45) is 3.03. The summed E-state index contributed by atoms with van der Waals surface area (Å²) in [6.45, 7) is 5.24. The molecule has 0 bridgehead atoms. The van der Waals surface area contributed by atoms with Crippen LogP contribution in [0.1, 0.15) is 25.1 Å². The minimum atomic E-state index is 0.583. The number of rotatable bonds is 5. The largest absolute Gasteiger partial charge is 0.494 e. The smallest absolute Gasteiger partial charge is 0.246 e. The monoisotopic (exact) mass is 271 g/mol. The molecule has 0 atom stereocenters. The average Bonchev–Trinajstić information content (AvgIpc) is 3.04. The van der Waals surface area contributed by atoms with E-state index in [4.69, 9.17) is 9.26 Å². The van der Waals surface area contributed by atoms with Crippen molar-refractivity contribution in [2.24, 2.45) is 0 Å². The highest BCUT2D eigenvalue weighted by molar-refractivity contribution is 5.81. The summed E-state index contributed by atoms with van der Waals surface area (Å²) in [5.41, 5.74) is 1.13. The predicted molar refractivity (Wildman–Crippen MR) is 75.9 cm³/mol. The van der Waals surface area contributed by atoms with Crippen LogP contribution in [0.25, 0.3) is 10.9 Å². The van der Waals surface area contributed by atoms with Crippen molar-refractivity contribution in [3.05, 3.63) is 42.2 Å². The highest BCUT2D eigenvalue weighted by Gasteiger charge is 2.07. The molecule has 0 spiro atoms. The molecule has 0 saturated carbocycles. The van der Waals surface area contributed by atoms with Gasteiger partial charge in [-0.05, 0) is 37.6 Å². The molecule has 1 aromatic carbocycles. The van der Waals surface area contributed by atoms with E-state index in [1.807, 2.05) is 19.2 Å². The van der Waals surface area contributed by atoms with Crippen LogP contribution in [-0.4, -0.2) is 21.3 Å². The van der Waals surface area contributed by atoms with Gasteiger partial charge in [0.2, 0.25) is 5.89 Å². The van der Waals surface area contributed by atoms with Gasteiger partial charge in [-0.25, -0.2) is 0 Å². The average molecular weight is 271 g/mol. The van der Waals surface area contributed by atoms with Crippen LogP contribution >= 0.6 is 0 Å². The van der Waals surface area contributed by atoms with Crippen LogP contribution in [0.2, 0.25) is 0 Å². The second-order valence-electron chi connectivity index (χ2n) is 4.75. The van der Waals surface area contributed by atoms with Crippen LogP contribution in [-0.2, 0) is 6.54 Å². The zero-order valence-corrected chi connectivity index (χ0v) is 11.7. The molecule has 0 aliphatic carbocycles. The van der Waals surface area contributed by atoms with Crippen molar-refractivity contribution in [1.29, 1.82) is 0 Å². The van der Waals surface area contributed by atoms with Gasteiger partial charge < -0.3 is 13.8 Å². The van der Waals surface area contributed by atoms with Crippen LogP contribution in [0.4, 0.5) is 0 Å². The maximum atomic E-state index is 5.64. The van der Waals surface area contributed by atoms with Crippen molar-refractivity contribution in [1.82, 2.24) is 14.7 Å². The standard InChI is InChI=1S/C15H17N3O2/c1-3-8-19-13-4-5-14-12(9-13)6-7-18(14)10-15-16-11(2)17-20-15/h4-7,9H,3,8,10H2,1-2H3. The number of hydrogen-bond donors (Lipinski definition) is 0. The highest BCUT2D eigenvalue weighted by Crippen LogP contribution is 2.22. The molecule has 3 rings (SSSR count). The Labute approximate surface area is 117 Å². The summed E-state index contributed by atoms with van der Waals surface area (Å²) in [5.74, 6) is 2.18. The summed E-state index contributed by atoms with van der Waals surface area (Å²) in [5, 5.41) is 4.95. The first-order valence-corrected chi connectivity index (χ1v) is 6.77. The van der Waals surface area contributed by atoms with E-state index < -0.39 is 0 Å². The summed E-state index contributed by atoms with van der Waals surface area (Å²) in [4.78, 5) is 4.23. The lowest BCUT2D eigenvalue weighted by Crippen LogP contribution is -1.98. The van der Waals surface area contributed by atoms with Crippen LogP contribution in [0.15, 0.2) is 35.0 Å². The Bertz CT molecular complexity index is 715. The molecule has 2 aromatic heterocycles. The maximum absolute atomic E-state index is 5.64. The molecule has 0 aliphatic heterocycles. The van der Waals surface area contributed by atoms with Gasteiger partial charge in [-0.2, -0.15) is 4.98 Å². The van der Waals surface area contributed by atoms with Gasteiger partial charge in [-0.1, -0.05) is 12.1 Å². The second-order valence-corrected chi connectivity index (χ2v) is 4.75. The summed E-state index contributed by atoms with van der Waals surface area (Å²) >= 11 is 0. The van der Waals surface area contributed by atoms with Crippen LogP contribution in [0.3, 0.4) is 0 Å². The van der Waals surface area contributed by atoms with Crippen molar-refractivity contribution in [3.63, 3.8) is 0 Å². The number of hydrogen-bond acceptors (Lipinski definition) is 4. The molecule has 0 aliphatic rings. The van der Waals surface area contributed by atoms with Crippen LogP contribution in [0, 0.1) is 6.92 Å². The van der Waals surface area contributed by atoms with E-state index >= 15 is 0 Å². The van der Waals surface area contributed by atoms with Crippen molar-refractivity contribution in [3.8, 4) is 5.75 Å². The third-order valence-corrected chi connectivity index (χ3v) is 3.09. The number of benzene rings is 1. The van der Waals surface area contributed by atoms with Gasteiger partial charge in [0.15, 0.2) is 5.82 Å². The first-order chi connectivity index (χ1) is 9.76. The first-order valence-electron chi connectivity index (χ1n) is 6.77. The van der Waals surface area contributed by atoms with Crippen molar-refractivity contribution in [2.45, 2.75) is 26.8 Å². The van der Waals surface area contributed by atoms with E-state index in [-0.39, 0.29) is 0 Å². The SMILES string of the molecule is CCCOc1ccc2c(ccn2Cc2nc(C)no2)c1. The Hall–Kier alpha value is -2.30. The molecule has 0 N–H and O–H groups in total. The molecular formula is C15H17N3O2. The van der Waals surface area contributed by atoms with Crippen molar-refractivity contribution >= 4 is 10.9 Å². The highest BCUT2D eigenvalue weighted by atomic mass is 16.5. The number of aromatic nitrogens is 3. The van der Waals surface area contributed by atoms with Crippen LogP contribution in [0.5, 0.6) is 5.75 Å². The van der Waals surface area contributed by atoms with Gasteiger partial charge in [-0.15, -0.1) is 0 Å². The van der Waals surface area contributed by atoms with E-state index in [9.17, 15) is 0 Å². The molecule has 2 heterocycles. The Balaban J connectivity index is 1.85. The Kier molecular flexibility index (Phi) is 3.41. The lowest BCUT2D eigenvalue weighted by Gasteiger charge is -2.05. The summed E-state index contributed by atoms with van der Waals surface area (Å²) in [7, 11) is 0. The molecule has 20 heavy (non-hydrogen) atoms. The number of nitrogens with zero attached hydrogens (tertiary/aromatic N) is 3. The molecule has 0 amide bonds. The molecule has 5 heteroatoms. The molecular weight excluding hydrogens is 254 g/mol. The Morgan fingerprint density at radius 3 is 2.95 bits per heavy atom. The van der Waals surface area contributed by atoms with E-state index in [0.29, 0.717) is 18.3 Å². The van der Waals surface area contributed by atoms with Gasteiger partial charge in [0.25, 0.3) is 0 Å². The number of aryl methyl sites for hydroxylation is 1. The molecule has 0 fully saturated rings. The van der Waals surface area contributed by atoms with E-state index in [0.717, 1.165) is 29.7 Å². The van der Waals surface area contributed by atoms with Crippen LogP contribution < -0.4 is 4.74 Å². The van der Waals surface area contributed by atoms with Gasteiger partial charge in [-0.3, -0.25) is 0 Å². The van der Waals surface area contributed by atoms with Crippen molar-refractivity contribution in [2.75, 3.05) is 6.61 Å². The van der Waals surface area contributed by atoms with E-state index in [1.54, 1.807) is 0 Å². The molecule has 3 aromatic rings. The number of ether oxygens (including phenoxy) is 1. The lowest BCUT2D eigenvalue weighted by atomic mass is 10.2. The second kappa shape index (κ2) is 5.36. The van der Waals surface area contributed by atoms with Crippen molar-refractivity contribution < 1.29 is 9.26 Å². The zero-order valence-electron chi connectivity index (χ0n) is 11.7. The molecule has 5 nitrogen and oxygen atoms in total. The van der Waals surface area contributed by atoms with Gasteiger partial charge in [0.05, 0.1) is 6.61 Å². The molecule has 0 radical (unpaired) electrons. The van der Waals surface area contributed by atoms with E-state index in [1.165, 1.54) is 0 Å². The molecule has 104 valence electrons. The minimum absolute atomic E-state index is 0.583. The lowest BCUT2D eigenvalue weighted by molar-refractivity contribution is 0.318. The van der Waals surface area contributed by atoms with Gasteiger partial charge in [0, 0.05) is 17.1 Å². The number of fused-ring (bicyclic) bond motifs is 1. The summed E-state index contributed by atoms with van der Waals surface area (Å²) < 4.78 is 12.9. The Morgan fingerprint density at radius 1 is 1.30 bits per heavy atom. The minimum Gasteiger partial charge on any atom is -0.494 e. The summed E-state index contributed by atoms with van der Waals surface area (Å²) in [6, 6.07) is 8.18. The molecule has 0 saturated heterocycles. The van der Waals surface area contributed by atoms with E-state index in [2.05, 4.69) is 39.8 Å². The molecule has 0 unspecified atom stereocenters. The fraction of sp³-hybridized carbons (Fsp3) is 0.333. The zero-order chi connectivity index (χ0) is 13.9. The van der Waals surface area contributed by atoms with Gasteiger partial charge in [0.1, 0.15) is 12.3 Å². The fourth-order valence-electron chi connectivity index (χ4n) is 2.18. The maximum Gasteiger partial charge on any atom is 0.246 e. The van der Waals surface area contributed by atoms with Gasteiger partial charge >= 0.3 is 0 Å². The predicted octanol–water partition coefficient (Wildman–Crippen LogP) is 3.17. The first kappa shape index (κ1) is 12.7. The fourth-order valence-corrected chi connectivity index (χ4v) is 2.18. The quantitative estimate of drug-likeness (QED) is 0.715.